The van der Waals surface area contributed by atoms with Crippen LogP contribution in [0.15, 0.2) is 30.6 Å². The summed E-state index contributed by atoms with van der Waals surface area (Å²) in [6, 6.07) is 1.97. The Morgan fingerprint density at radius 3 is 2.65 bits per heavy atom. The van der Waals surface area contributed by atoms with Crippen LogP contribution >= 0.6 is 0 Å². The van der Waals surface area contributed by atoms with Crippen molar-refractivity contribution >= 4 is 11.6 Å². The van der Waals surface area contributed by atoms with Gasteiger partial charge in [0.15, 0.2) is 0 Å². The molecule has 1 amide bonds. The molecule has 1 aromatic heterocycles. The summed E-state index contributed by atoms with van der Waals surface area (Å²) in [5, 5.41) is 7.70. The number of hydrogen-bond acceptors (Lipinski definition) is 4. The van der Waals surface area contributed by atoms with Gasteiger partial charge in [-0.25, -0.2) is 0 Å². The molecule has 1 aliphatic carbocycles. The van der Waals surface area contributed by atoms with Gasteiger partial charge in [-0.15, -0.1) is 0 Å². The van der Waals surface area contributed by atoms with Crippen LogP contribution in [0.5, 0.6) is 0 Å². The Hall–Kier alpha value is -1.91. The van der Waals surface area contributed by atoms with Crippen LogP contribution in [0.25, 0.3) is 0 Å². The van der Waals surface area contributed by atoms with E-state index in [1.54, 1.807) is 12.4 Å². The molecule has 1 atom stereocenters. The number of hydrogen-bond donors (Lipinski definition) is 0. The minimum absolute atomic E-state index is 0.203. The van der Waals surface area contributed by atoms with Gasteiger partial charge in [-0.05, 0) is 25.3 Å². The smallest absolute Gasteiger partial charge is 0.226 e. The molecule has 1 saturated heterocycles. The van der Waals surface area contributed by atoms with Gasteiger partial charge in [-0.3, -0.25) is 4.79 Å². The van der Waals surface area contributed by atoms with Crippen LogP contribution in [-0.2, 0) is 4.79 Å². The second-order valence-electron chi connectivity index (χ2n) is 5.39. The van der Waals surface area contributed by atoms with E-state index in [0.29, 0.717) is 5.91 Å². The van der Waals surface area contributed by atoms with Crippen molar-refractivity contribution in [2.75, 3.05) is 31.1 Å². The molecular formula is C15H20N4O. The SMILES string of the molecule is O=C(C1CC=CCC1)N1CCN(c2ccnnc2)CC1. The maximum Gasteiger partial charge on any atom is 0.226 e. The maximum atomic E-state index is 12.4. The molecule has 20 heavy (non-hydrogen) atoms. The lowest BCUT2D eigenvalue weighted by Gasteiger charge is -2.37. The van der Waals surface area contributed by atoms with Crippen molar-refractivity contribution in [3.05, 3.63) is 30.6 Å². The predicted molar refractivity (Wildman–Crippen MR) is 77.3 cm³/mol. The second kappa shape index (κ2) is 6.03. The summed E-state index contributed by atoms with van der Waals surface area (Å²) >= 11 is 0. The molecule has 0 saturated carbocycles. The molecule has 2 aliphatic rings. The zero-order valence-electron chi connectivity index (χ0n) is 11.6. The van der Waals surface area contributed by atoms with Crippen molar-refractivity contribution in [2.45, 2.75) is 19.3 Å². The molecule has 5 nitrogen and oxygen atoms in total. The number of anilines is 1. The van der Waals surface area contributed by atoms with E-state index in [1.165, 1.54) is 0 Å². The highest BCUT2D eigenvalue weighted by Crippen LogP contribution is 2.22. The van der Waals surface area contributed by atoms with Crippen molar-refractivity contribution in [1.29, 1.82) is 0 Å². The topological polar surface area (TPSA) is 49.3 Å². The average Bonchev–Trinajstić information content (AvgIpc) is 2.56. The number of aromatic nitrogens is 2. The van der Waals surface area contributed by atoms with Gasteiger partial charge in [0.05, 0.1) is 18.1 Å². The number of carbonyl (C=O) groups excluding carboxylic acids is 1. The van der Waals surface area contributed by atoms with Crippen LogP contribution in [0, 0.1) is 5.92 Å². The summed E-state index contributed by atoms with van der Waals surface area (Å²) < 4.78 is 0. The molecule has 1 aliphatic heterocycles. The summed E-state index contributed by atoms with van der Waals surface area (Å²) in [6.07, 6.45) is 10.8. The fourth-order valence-corrected chi connectivity index (χ4v) is 2.93. The molecule has 0 aromatic carbocycles. The highest BCUT2D eigenvalue weighted by molar-refractivity contribution is 5.79. The summed E-state index contributed by atoms with van der Waals surface area (Å²) in [7, 11) is 0. The van der Waals surface area contributed by atoms with E-state index in [9.17, 15) is 4.79 Å². The lowest BCUT2D eigenvalue weighted by atomic mass is 9.93. The highest BCUT2D eigenvalue weighted by atomic mass is 16.2. The first-order chi connectivity index (χ1) is 9.84. The summed E-state index contributed by atoms with van der Waals surface area (Å²) in [4.78, 5) is 16.7. The van der Waals surface area contributed by atoms with E-state index in [-0.39, 0.29) is 5.92 Å². The molecule has 5 heteroatoms. The molecule has 3 rings (SSSR count). The molecule has 0 radical (unpaired) electrons. The fraction of sp³-hybridized carbons (Fsp3) is 0.533. The number of allylic oxidation sites excluding steroid dienone is 2. The number of nitrogens with zero attached hydrogens (tertiary/aromatic N) is 4. The van der Waals surface area contributed by atoms with Crippen LogP contribution < -0.4 is 4.90 Å². The van der Waals surface area contributed by atoms with Gasteiger partial charge in [0.2, 0.25) is 5.91 Å². The van der Waals surface area contributed by atoms with E-state index in [1.807, 2.05) is 11.0 Å². The third kappa shape index (κ3) is 2.81. The number of amides is 1. The van der Waals surface area contributed by atoms with Gasteiger partial charge in [-0.1, -0.05) is 12.2 Å². The summed E-state index contributed by atoms with van der Waals surface area (Å²) in [6.45, 7) is 3.36. The molecule has 0 bridgehead atoms. The highest BCUT2D eigenvalue weighted by Gasteiger charge is 2.27. The first-order valence-corrected chi connectivity index (χ1v) is 7.30. The van der Waals surface area contributed by atoms with Crippen LogP contribution in [0.2, 0.25) is 0 Å². The van der Waals surface area contributed by atoms with Crippen LogP contribution in [-0.4, -0.2) is 47.2 Å². The Morgan fingerprint density at radius 2 is 2.00 bits per heavy atom. The first kappa shape index (κ1) is 13.1. The van der Waals surface area contributed by atoms with Gasteiger partial charge in [-0.2, -0.15) is 10.2 Å². The van der Waals surface area contributed by atoms with Crippen molar-refractivity contribution in [1.82, 2.24) is 15.1 Å². The van der Waals surface area contributed by atoms with E-state index < -0.39 is 0 Å². The van der Waals surface area contributed by atoms with Crippen molar-refractivity contribution in [2.24, 2.45) is 5.92 Å². The van der Waals surface area contributed by atoms with Gasteiger partial charge >= 0.3 is 0 Å². The summed E-state index contributed by atoms with van der Waals surface area (Å²) in [5.41, 5.74) is 1.09. The fourth-order valence-electron chi connectivity index (χ4n) is 2.93. The third-order valence-corrected chi connectivity index (χ3v) is 4.14. The minimum atomic E-state index is 0.203. The Bertz CT molecular complexity index is 480. The Labute approximate surface area is 119 Å². The first-order valence-electron chi connectivity index (χ1n) is 7.30. The van der Waals surface area contributed by atoms with Crippen molar-refractivity contribution in [3.8, 4) is 0 Å². The monoisotopic (exact) mass is 272 g/mol. The van der Waals surface area contributed by atoms with Crippen molar-refractivity contribution < 1.29 is 4.79 Å². The molecule has 0 N–H and O–H groups in total. The lowest BCUT2D eigenvalue weighted by molar-refractivity contribution is -0.136. The maximum absolute atomic E-state index is 12.4. The summed E-state index contributed by atoms with van der Waals surface area (Å²) in [5.74, 6) is 0.538. The van der Waals surface area contributed by atoms with E-state index in [4.69, 9.17) is 0 Å². The quantitative estimate of drug-likeness (QED) is 0.765. The van der Waals surface area contributed by atoms with E-state index >= 15 is 0 Å². The zero-order valence-corrected chi connectivity index (χ0v) is 11.6. The van der Waals surface area contributed by atoms with E-state index in [2.05, 4.69) is 27.2 Å². The van der Waals surface area contributed by atoms with Gasteiger partial charge in [0.25, 0.3) is 0 Å². The van der Waals surface area contributed by atoms with Crippen LogP contribution in [0.1, 0.15) is 19.3 Å². The van der Waals surface area contributed by atoms with E-state index in [0.717, 1.165) is 51.1 Å². The zero-order chi connectivity index (χ0) is 13.8. The molecule has 2 heterocycles. The Balaban J connectivity index is 1.56. The number of carbonyl (C=O) groups is 1. The minimum Gasteiger partial charge on any atom is -0.367 e. The Kier molecular flexibility index (Phi) is 3.95. The second-order valence-corrected chi connectivity index (χ2v) is 5.39. The average molecular weight is 272 g/mol. The lowest BCUT2D eigenvalue weighted by Crippen LogP contribution is -2.50. The van der Waals surface area contributed by atoms with Gasteiger partial charge in [0.1, 0.15) is 0 Å². The molecule has 1 fully saturated rings. The predicted octanol–water partition coefficient (Wildman–Crippen LogP) is 1.48. The van der Waals surface area contributed by atoms with Gasteiger partial charge < -0.3 is 9.80 Å². The number of rotatable bonds is 2. The molecule has 106 valence electrons. The normalized spacial score (nSPS) is 22.9. The molecule has 1 aromatic rings. The number of piperazine rings is 1. The standard InChI is InChI=1S/C15H20N4O/c20-15(13-4-2-1-3-5-13)19-10-8-18(9-11-19)14-6-7-16-17-12-14/h1-2,6-7,12-13H,3-5,8-11H2. The van der Waals surface area contributed by atoms with Gasteiger partial charge in [0, 0.05) is 32.1 Å². The molecular weight excluding hydrogens is 252 g/mol. The molecule has 1 unspecified atom stereocenters. The van der Waals surface area contributed by atoms with Crippen molar-refractivity contribution in [3.63, 3.8) is 0 Å². The third-order valence-electron chi connectivity index (χ3n) is 4.14. The largest absolute Gasteiger partial charge is 0.367 e. The molecule has 0 spiro atoms. The Morgan fingerprint density at radius 1 is 1.15 bits per heavy atom. The van der Waals surface area contributed by atoms with Crippen LogP contribution in [0.4, 0.5) is 5.69 Å². The van der Waals surface area contributed by atoms with Crippen LogP contribution in [0.3, 0.4) is 0 Å².